The molecule has 3 nitrogen and oxygen atoms in total. The van der Waals surface area contributed by atoms with Crippen LogP contribution in [0.1, 0.15) is 5.56 Å². The van der Waals surface area contributed by atoms with Crippen molar-refractivity contribution in [1.82, 2.24) is 0 Å². The van der Waals surface area contributed by atoms with Crippen molar-refractivity contribution >= 4 is 11.4 Å². The van der Waals surface area contributed by atoms with Crippen molar-refractivity contribution in [3.05, 3.63) is 66.4 Å². The molecule has 0 radical (unpaired) electrons. The standard InChI is InChI=1S/C17H12F3NO2/c18-17(19,20)12-7-4-8-13(9-12)21-14-10-23-16(15(14)22)11-5-2-1-3-6-11/h1-10,21-22H. The van der Waals surface area contributed by atoms with E-state index < -0.39 is 11.7 Å². The van der Waals surface area contributed by atoms with E-state index in [2.05, 4.69) is 5.32 Å². The van der Waals surface area contributed by atoms with E-state index in [-0.39, 0.29) is 22.9 Å². The van der Waals surface area contributed by atoms with Gasteiger partial charge in [0.25, 0.3) is 0 Å². The SMILES string of the molecule is Oc1c(Nc2cccc(C(F)(F)F)c2)coc1-c1ccccc1. The molecule has 0 saturated carbocycles. The summed E-state index contributed by atoms with van der Waals surface area (Å²) in [5, 5.41) is 12.9. The van der Waals surface area contributed by atoms with E-state index in [9.17, 15) is 18.3 Å². The molecule has 0 bridgehead atoms. The summed E-state index contributed by atoms with van der Waals surface area (Å²) in [5.41, 5.74) is 0.301. The maximum atomic E-state index is 12.7. The lowest BCUT2D eigenvalue weighted by atomic mass is 10.1. The monoisotopic (exact) mass is 319 g/mol. The third-order valence-corrected chi connectivity index (χ3v) is 3.27. The number of aromatic hydroxyl groups is 1. The number of benzene rings is 2. The van der Waals surface area contributed by atoms with Gasteiger partial charge in [0.1, 0.15) is 12.0 Å². The molecule has 0 atom stereocenters. The summed E-state index contributed by atoms with van der Waals surface area (Å²) in [6.45, 7) is 0. The lowest BCUT2D eigenvalue weighted by Crippen LogP contribution is -2.05. The van der Waals surface area contributed by atoms with Crippen molar-refractivity contribution < 1.29 is 22.7 Å². The number of nitrogens with one attached hydrogen (secondary N) is 1. The predicted molar refractivity (Wildman–Crippen MR) is 80.5 cm³/mol. The summed E-state index contributed by atoms with van der Waals surface area (Å²) in [6, 6.07) is 13.6. The van der Waals surface area contributed by atoms with Gasteiger partial charge in [-0.15, -0.1) is 0 Å². The van der Waals surface area contributed by atoms with Crippen LogP contribution in [0.5, 0.6) is 5.75 Å². The molecule has 3 rings (SSSR count). The molecule has 0 amide bonds. The first-order chi connectivity index (χ1) is 10.9. The molecule has 118 valence electrons. The second-order valence-corrected chi connectivity index (χ2v) is 4.90. The highest BCUT2D eigenvalue weighted by Crippen LogP contribution is 2.39. The van der Waals surface area contributed by atoms with Crippen molar-refractivity contribution in [2.24, 2.45) is 0 Å². The van der Waals surface area contributed by atoms with Gasteiger partial charge in [-0.1, -0.05) is 36.4 Å². The largest absolute Gasteiger partial charge is 0.503 e. The fourth-order valence-electron chi connectivity index (χ4n) is 2.16. The molecule has 23 heavy (non-hydrogen) atoms. The van der Waals surface area contributed by atoms with Crippen LogP contribution in [-0.4, -0.2) is 5.11 Å². The molecule has 0 aliphatic carbocycles. The predicted octanol–water partition coefficient (Wildman–Crippen LogP) is 5.41. The van der Waals surface area contributed by atoms with Crippen LogP contribution in [-0.2, 0) is 6.18 Å². The fourth-order valence-corrected chi connectivity index (χ4v) is 2.16. The Morgan fingerprint density at radius 1 is 0.957 bits per heavy atom. The van der Waals surface area contributed by atoms with E-state index in [1.165, 1.54) is 18.4 Å². The Morgan fingerprint density at radius 2 is 1.70 bits per heavy atom. The van der Waals surface area contributed by atoms with E-state index >= 15 is 0 Å². The highest BCUT2D eigenvalue weighted by Gasteiger charge is 2.30. The molecule has 0 spiro atoms. The second kappa shape index (κ2) is 5.72. The molecule has 0 fully saturated rings. The maximum absolute atomic E-state index is 12.7. The molecule has 3 aromatic rings. The van der Waals surface area contributed by atoms with Crippen molar-refractivity contribution in [1.29, 1.82) is 0 Å². The number of alkyl halides is 3. The molecular weight excluding hydrogens is 307 g/mol. The minimum Gasteiger partial charge on any atom is -0.503 e. The van der Waals surface area contributed by atoms with Crippen molar-refractivity contribution in [3.8, 4) is 17.1 Å². The van der Waals surface area contributed by atoms with Gasteiger partial charge in [-0.05, 0) is 18.2 Å². The van der Waals surface area contributed by atoms with Crippen LogP contribution in [0.3, 0.4) is 0 Å². The Bertz CT molecular complexity index is 810. The fraction of sp³-hybridized carbons (Fsp3) is 0.0588. The smallest absolute Gasteiger partial charge is 0.416 e. The average Bonchev–Trinajstić information content (AvgIpc) is 2.89. The van der Waals surface area contributed by atoms with Gasteiger partial charge in [0.05, 0.1) is 5.56 Å². The van der Waals surface area contributed by atoms with Crippen LogP contribution in [0, 0.1) is 0 Å². The van der Waals surface area contributed by atoms with Gasteiger partial charge in [-0.2, -0.15) is 13.2 Å². The molecule has 0 saturated heterocycles. The third-order valence-electron chi connectivity index (χ3n) is 3.27. The average molecular weight is 319 g/mol. The van der Waals surface area contributed by atoms with Crippen LogP contribution in [0.4, 0.5) is 24.5 Å². The first-order valence-corrected chi connectivity index (χ1v) is 6.75. The molecular formula is C17H12F3NO2. The highest BCUT2D eigenvalue weighted by molar-refractivity contribution is 5.76. The molecule has 2 N–H and O–H groups in total. The zero-order valence-electron chi connectivity index (χ0n) is 11.8. The third kappa shape index (κ3) is 3.15. The molecule has 0 aliphatic heterocycles. The van der Waals surface area contributed by atoms with Gasteiger partial charge >= 0.3 is 6.18 Å². The van der Waals surface area contributed by atoms with Crippen LogP contribution in [0.25, 0.3) is 11.3 Å². The molecule has 2 aromatic carbocycles. The Hall–Kier alpha value is -2.89. The van der Waals surface area contributed by atoms with Gasteiger partial charge in [0.15, 0.2) is 11.5 Å². The Kier molecular flexibility index (Phi) is 3.73. The van der Waals surface area contributed by atoms with Gasteiger partial charge in [0.2, 0.25) is 0 Å². The van der Waals surface area contributed by atoms with Crippen LogP contribution < -0.4 is 5.32 Å². The molecule has 1 aromatic heterocycles. The van der Waals surface area contributed by atoms with E-state index in [0.29, 0.717) is 5.56 Å². The number of anilines is 2. The van der Waals surface area contributed by atoms with Crippen LogP contribution >= 0.6 is 0 Å². The first-order valence-electron chi connectivity index (χ1n) is 6.75. The maximum Gasteiger partial charge on any atom is 0.416 e. The highest BCUT2D eigenvalue weighted by atomic mass is 19.4. The van der Waals surface area contributed by atoms with Crippen molar-refractivity contribution in [3.63, 3.8) is 0 Å². The van der Waals surface area contributed by atoms with E-state index in [0.717, 1.165) is 12.1 Å². The number of rotatable bonds is 3. The minimum atomic E-state index is -4.43. The summed E-state index contributed by atoms with van der Waals surface area (Å²) in [6.07, 6.45) is -3.16. The topological polar surface area (TPSA) is 45.4 Å². The zero-order chi connectivity index (χ0) is 16.4. The van der Waals surface area contributed by atoms with E-state index in [1.54, 1.807) is 24.3 Å². The summed E-state index contributed by atoms with van der Waals surface area (Å²) in [4.78, 5) is 0. The number of hydrogen-bond acceptors (Lipinski definition) is 3. The van der Waals surface area contributed by atoms with E-state index in [1.807, 2.05) is 6.07 Å². The van der Waals surface area contributed by atoms with Crippen molar-refractivity contribution in [2.45, 2.75) is 6.18 Å². The van der Waals surface area contributed by atoms with Crippen molar-refractivity contribution in [2.75, 3.05) is 5.32 Å². The number of hydrogen-bond donors (Lipinski definition) is 2. The van der Waals surface area contributed by atoms with Crippen LogP contribution in [0.2, 0.25) is 0 Å². The second-order valence-electron chi connectivity index (χ2n) is 4.90. The normalized spacial score (nSPS) is 11.4. The van der Waals surface area contributed by atoms with Gasteiger partial charge < -0.3 is 14.8 Å². The minimum absolute atomic E-state index is 0.159. The summed E-state index contributed by atoms with van der Waals surface area (Å²) < 4.78 is 43.5. The molecule has 1 heterocycles. The number of halogens is 3. The molecule has 6 heteroatoms. The lowest BCUT2D eigenvalue weighted by Gasteiger charge is -2.09. The van der Waals surface area contributed by atoms with Gasteiger partial charge in [-0.25, -0.2) is 0 Å². The zero-order valence-corrected chi connectivity index (χ0v) is 11.8. The summed E-state index contributed by atoms with van der Waals surface area (Å²) in [5.74, 6) is 0.0914. The lowest BCUT2D eigenvalue weighted by molar-refractivity contribution is -0.137. The molecule has 0 unspecified atom stereocenters. The van der Waals surface area contributed by atoms with Crippen LogP contribution in [0.15, 0.2) is 65.3 Å². The summed E-state index contributed by atoms with van der Waals surface area (Å²) >= 11 is 0. The first kappa shape index (κ1) is 15.0. The quantitative estimate of drug-likeness (QED) is 0.678. The Morgan fingerprint density at radius 3 is 2.39 bits per heavy atom. The van der Waals surface area contributed by atoms with Gasteiger partial charge in [0, 0.05) is 11.3 Å². The molecule has 0 aliphatic rings. The Labute approximate surface area is 130 Å². The Balaban J connectivity index is 1.89. The summed E-state index contributed by atoms with van der Waals surface area (Å²) in [7, 11) is 0. The van der Waals surface area contributed by atoms with E-state index in [4.69, 9.17) is 4.42 Å². The number of furan rings is 1. The van der Waals surface area contributed by atoms with Gasteiger partial charge in [-0.3, -0.25) is 0 Å².